The summed E-state index contributed by atoms with van der Waals surface area (Å²) >= 11 is 3.90. The molecular formula is C20H17BrN2OSe. The van der Waals surface area contributed by atoms with Gasteiger partial charge in [-0.25, -0.2) is 0 Å². The molecular weight excluding hydrogens is 443 g/mol. The maximum absolute atomic E-state index is 12.1. The predicted octanol–water partition coefficient (Wildman–Crippen LogP) is 2.47. The van der Waals surface area contributed by atoms with Gasteiger partial charge in [0.25, 0.3) is 0 Å². The second-order valence-corrected chi connectivity index (χ2v) is 8.55. The molecule has 0 radical (unpaired) electrons. The predicted molar refractivity (Wildman–Crippen MR) is 106 cm³/mol. The summed E-state index contributed by atoms with van der Waals surface area (Å²) in [7, 11) is 0. The first-order valence-corrected chi connectivity index (χ1v) is 10.4. The van der Waals surface area contributed by atoms with Crippen LogP contribution >= 0.6 is 15.9 Å². The molecule has 25 heavy (non-hydrogen) atoms. The van der Waals surface area contributed by atoms with Crippen molar-refractivity contribution in [3.63, 3.8) is 0 Å². The van der Waals surface area contributed by atoms with E-state index in [4.69, 9.17) is 0 Å². The van der Waals surface area contributed by atoms with Crippen LogP contribution < -0.4 is 14.2 Å². The molecule has 0 unspecified atom stereocenters. The number of hydrogen-bond acceptors (Lipinski definition) is 2. The molecule has 0 spiro atoms. The number of rotatable bonds is 6. The van der Waals surface area contributed by atoms with E-state index in [2.05, 4.69) is 68.7 Å². The van der Waals surface area contributed by atoms with E-state index >= 15 is 0 Å². The van der Waals surface area contributed by atoms with Crippen LogP contribution in [0.5, 0.6) is 0 Å². The minimum atomic E-state index is -0.136. The third kappa shape index (κ3) is 5.02. The normalized spacial score (nSPS) is 10.4. The summed E-state index contributed by atoms with van der Waals surface area (Å²) in [6.07, 6.45) is 2.41. The topological polar surface area (TPSA) is 42.0 Å². The minimum absolute atomic E-state index is 0.136. The third-order valence-electron chi connectivity index (χ3n) is 3.60. The first kappa shape index (κ1) is 17.9. The average molecular weight is 460 g/mol. The number of halogens is 1. The number of nitrogens with one attached hydrogen (secondary N) is 1. The van der Waals surface area contributed by atoms with E-state index < -0.39 is 0 Å². The summed E-state index contributed by atoms with van der Waals surface area (Å²) in [5, 5.41) is 2.95. The Morgan fingerprint density at radius 3 is 2.56 bits per heavy atom. The molecule has 0 aliphatic carbocycles. The van der Waals surface area contributed by atoms with E-state index in [-0.39, 0.29) is 20.9 Å². The maximum atomic E-state index is 12.1. The molecule has 5 heteroatoms. The summed E-state index contributed by atoms with van der Waals surface area (Å²) in [5.74, 6) is -0.136. The molecule has 3 nitrogen and oxygen atoms in total. The van der Waals surface area contributed by atoms with Crippen molar-refractivity contribution < 1.29 is 4.79 Å². The van der Waals surface area contributed by atoms with E-state index in [0.717, 1.165) is 10.9 Å². The fourth-order valence-corrected chi connectivity index (χ4v) is 5.40. The van der Waals surface area contributed by atoms with Gasteiger partial charge >= 0.3 is 162 Å². The molecule has 0 aliphatic heterocycles. The Kier molecular flexibility index (Phi) is 6.40. The molecule has 1 amide bonds. The Hall–Kier alpha value is -1.94. The number of benzene rings is 2. The van der Waals surface area contributed by atoms with Crippen LogP contribution in [0.2, 0.25) is 0 Å². The summed E-state index contributed by atoms with van der Waals surface area (Å²) in [5.41, 5.74) is 1.70. The second kappa shape index (κ2) is 8.95. The van der Waals surface area contributed by atoms with Gasteiger partial charge in [0.15, 0.2) is 0 Å². The van der Waals surface area contributed by atoms with Crippen molar-refractivity contribution in [1.82, 2.24) is 10.3 Å². The standard InChI is InChI=1S/C20H17BrN2OSe/c21-17-9-6-11-19(25-15-7-2-1-3-8-15)16(17)12-14-23-20(24)18-10-4-5-13-22-18/h1-11,13H,12,14H2,(H,23,24). The molecule has 1 heterocycles. The number of aromatic nitrogens is 1. The van der Waals surface area contributed by atoms with Crippen molar-refractivity contribution in [3.05, 3.63) is 88.7 Å². The first-order valence-electron chi connectivity index (χ1n) is 7.93. The fraction of sp³-hybridized carbons (Fsp3) is 0.100. The Balaban J connectivity index is 1.67. The van der Waals surface area contributed by atoms with E-state index in [1.165, 1.54) is 14.5 Å². The van der Waals surface area contributed by atoms with Gasteiger partial charge in [0.05, 0.1) is 0 Å². The van der Waals surface area contributed by atoms with Crippen LogP contribution in [-0.2, 0) is 6.42 Å². The monoisotopic (exact) mass is 460 g/mol. The molecule has 3 rings (SSSR count). The van der Waals surface area contributed by atoms with Crippen LogP contribution in [-0.4, -0.2) is 32.4 Å². The molecule has 2 aromatic carbocycles. The van der Waals surface area contributed by atoms with Crippen LogP contribution in [0.25, 0.3) is 0 Å². The molecule has 0 bridgehead atoms. The summed E-state index contributed by atoms with van der Waals surface area (Å²) in [4.78, 5) is 16.2. The average Bonchev–Trinajstić information content (AvgIpc) is 2.65. The van der Waals surface area contributed by atoms with Crippen LogP contribution in [0.3, 0.4) is 0 Å². The van der Waals surface area contributed by atoms with Gasteiger partial charge in [0, 0.05) is 0 Å². The summed E-state index contributed by atoms with van der Waals surface area (Å²) in [6, 6.07) is 22.1. The summed E-state index contributed by atoms with van der Waals surface area (Å²) < 4.78 is 3.77. The number of nitrogens with zero attached hydrogens (tertiary/aromatic N) is 1. The van der Waals surface area contributed by atoms with Gasteiger partial charge in [0.1, 0.15) is 0 Å². The van der Waals surface area contributed by atoms with Gasteiger partial charge < -0.3 is 0 Å². The van der Waals surface area contributed by atoms with Crippen molar-refractivity contribution in [2.45, 2.75) is 6.42 Å². The Labute approximate surface area is 162 Å². The SMILES string of the molecule is O=C(NCCc1c(Br)cccc1[Se]c1ccccc1)c1ccccn1. The van der Waals surface area contributed by atoms with Crippen LogP contribution in [0.4, 0.5) is 0 Å². The Morgan fingerprint density at radius 1 is 1.00 bits per heavy atom. The third-order valence-corrected chi connectivity index (χ3v) is 6.68. The number of amides is 1. The van der Waals surface area contributed by atoms with Gasteiger partial charge in [0.2, 0.25) is 0 Å². The van der Waals surface area contributed by atoms with Gasteiger partial charge in [-0.3, -0.25) is 0 Å². The van der Waals surface area contributed by atoms with E-state index in [1.807, 2.05) is 12.1 Å². The van der Waals surface area contributed by atoms with Gasteiger partial charge in [-0.1, -0.05) is 0 Å². The Bertz CT molecular complexity index is 841. The molecule has 126 valence electrons. The number of hydrogen-bond donors (Lipinski definition) is 1. The number of carbonyl (C=O) groups excluding carboxylic acids is 1. The quantitative estimate of drug-likeness (QED) is 0.575. The summed E-state index contributed by atoms with van der Waals surface area (Å²) in [6.45, 7) is 0.579. The van der Waals surface area contributed by atoms with E-state index in [1.54, 1.807) is 18.3 Å². The molecule has 3 aromatic rings. The van der Waals surface area contributed by atoms with E-state index in [0.29, 0.717) is 12.2 Å². The van der Waals surface area contributed by atoms with Crippen molar-refractivity contribution in [3.8, 4) is 0 Å². The molecule has 1 N–H and O–H groups in total. The zero-order chi connectivity index (χ0) is 17.5. The molecule has 0 fully saturated rings. The van der Waals surface area contributed by atoms with Gasteiger partial charge in [-0.2, -0.15) is 0 Å². The zero-order valence-electron chi connectivity index (χ0n) is 13.5. The molecule has 0 saturated carbocycles. The molecule has 0 aliphatic rings. The van der Waals surface area contributed by atoms with Crippen molar-refractivity contribution >= 4 is 45.7 Å². The number of carbonyl (C=O) groups is 1. The van der Waals surface area contributed by atoms with Gasteiger partial charge in [-0.05, 0) is 0 Å². The van der Waals surface area contributed by atoms with Crippen LogP contribution in [0, 0.1) is 0 Å². The van der Waals surface area contributed by atoms with Gasteiger partial charge in [-0.15, -0.1) is 0 Å². The zero-order valence-corrected chi connectivity index (χ0v) is 16.8. The first-order chi connectivity index (χ1) is 12.2. The second-order valence-electron chi connectivity index (χ2n) is 5.35. The van der Waals surface area contributed by atoms with Crippen LogP contribution in [0.1, 0.15) is 16.1 Å². The van der Waals surface area contributed by atoms with Crippen LogP contribution in [0.15, 0.2) is 77.4 Å². The molecule has 1 aromatic heterocycles. The molecule has 0 atom stereocenters. The van der Waals surface area contributed by atoms with Crippen molar-refractivity contribution in [1.29, 1.82) is 0 Å². The number of pyridine rings is 1. The van der Waals surface area contributed by atoms with Crippen molar-refractivity contribution in [2.75, 3.05) is 6.54 Å². The molecule has 0 saturated heterocycles. The van der Waals surface area contributed by atoms with E-state index in [9.17, 15) is 4.79 Å². The fourth-order valence-electron chi connectivity index (χ4n) is 2.38. The Morgan fingerprint density at radius 2 is 1.80 bits per heavy atom. The van der Waals surface area contributed by atoms with Crippen molar-refractivity contribution in [2.24, 2.45) is 0 Å².